The van der Waals surface area contributed by atoms with Crippen molar-refractivity contribution >= 4 is 23.1 Å². The first-order valence-corrected chi connectivity index (χ1v) is 6.28. The molecule has 0 aliphatic carbocycles. The fraction of sp³-hybridized carbons (Fsp3) is 0.545. The van der Waals surface area contributed by atoms with Crippen molar-refractivity contribution in [1.82, 2.24) is 19.6 Å². The van der Waals surface area contributed by atoms with Crippen molar-refractivity contribution < 1.29 is 0 Å². The molecular weight excluding hydrogens is 254 g/mol. The van der Waals surface area contributed by atoms with Crippen LogP contribution in [0, 0.1) is 5.41 Å². The fourth-order valence-corrected chi connectivity index (χ4v) is 2.09. The Hall–Kier alpha value is -1.56. The molecule has 7 heteroatoms. The van der Waals surface area contributed by atoms with Crippen LogP contribution >= 0.6 is 11.6 Å². The van der Waals surface area contributed by atoms with Crippen LogP contribution in [-0.2, 0) is 0 Å². The zero-order valence-electron chi connectivity index (χ0n) is 10.4. The Bertz CT molecular complexity index is 588. The minimum absolute atomic E-state index is 0.0980. The number of halogens is 1. The van der Waals surface area contributed by atoms with Gasteiger partial charge in [0.1, 0.15) is 12.1 Å². The van der Waals surface area contributed by atoms with Crippen LogP contribution in [0.15, 0.2) is 17.2 Å². The number of alkyl halides is 1. The van der Waals surface area contributed by atoms with Gasteiger partial charge < -0.3 is 5.32 Å². The van der Waals surface area contributed by atoms with E-state index in [1.54, 1.807) is 6.07 Å². The minimum atomic E-state index is -0.286. The smallest absolute Gasteiger partial charge is 0.348 e. The van der Waals surface area contributed by atoms with E-state index in [2.05, 4.69) is 34.3 Å². The Kier molecular flexibility index (Phi) is 3.56. The molecule has 0 unspecified atom stereocenters. The number of aromatic nitrogens is 4. The molecule has 0 fully saturated rings. The molecule has 0 aliphatic heterocycles. The van der Waals surface area contributed by atoms with Gasteiger partial charge in [0, 0.05) is 18.5 Å². The van der Waals surface area contributed by atoms with Crippen LogP contribution in [0.1, 0.15) is 20.3 Å². The Balaban J connectivity index is 2.10. The minimum Gasteiger partial charge on any atom is -0.369 e. The molecule has 98 valence electrons. The predicted octanol–water partition coefficient (Wildman–Crippen LogP) is 1.48. The van der Waals surface area contributed by atoms with Crippen LogP contribution in [0.25, 0.3) is 5.65 Å². The van der Waals surface area contributed by atoms with Crippen LogP contribution in [0.4, 0.5) is 5.82 Å². The van der Waals surface area contributed by atoms with E-state index in [-0.39, 0.29) is 11.1 Å². The first-order valence-electron chi connectivity index (χ1n) is 5.74. The summed E-state index contributed by atoms with van der Waals surface area (Å²) in [6, 6.07) is 1.73. The van der Waals surface area contributed by atoms with Gasteiger partial charge in [0.05, 0.1) is 0 Å². The van der Waals surface area contributed by atoms with E-state index in [0.717, 1.165) is 13.0 Å². The molecule has 2 aromatic rings. The maximum absolute atomic E-state index is 11.3. The van der Waals surface area contributed by atoms with Crippen molar-refractivity contribution in [3.63, 3.8) is 0 Å². The SMILES string of the molecule is CC(C)(CCCl)CNc1cc2n[nH]c(=O)n2cn1. The summed E-state index contributed by atoms with van der Waals surface area (Å²) >= 11 is 5.75. The van der Waals surface area contributed by atoms with Crippen LogP contribution in [0.5, 0.6) is 0 Å². The first-order chi connectivity index (χ1) is 8.52. The third kappa shape index (κ3) is 2.81. The maximum atomic E-state index is 11.3. The summed E-state index contributed by atoms with van der Waals surface area (Å²) in [5, 5.41) is 9.48. The molecule has 0 aliphatic rings. The van der Waals surface area contributed by atoms with E-state index in [0.29, 0.717) is 17.3 Å². The number of nitrogens with one attached hydrogen (secondary N) is 2. The molecule has 6 nitrogen and oxygen atoms in total. The zero-order chi connectivity index (χ0) is 13.2. The summed E-state index contributed by atoms with van der Waals surface area (Å²) in [6.45, 7) is 5.04. The fourth-order valence-electron chi connectivity index (χ4n) is 1.58. The van der Waals surface area contributed by atoms with Gasteiger partial charge in [-0.25, -0.2) is 19.3 Å². The standard InChI is InChI=1S/C11H16ClN5O/c1-11(2,3-4-12)6-13-8-5-9-15-16-10(18)17(9)7-14-8/h5,7,13H,3-4,6H2,1-2H3,(H,16,18). The van der Waals surface area contributed by atoms with Crippen LogP contribution in [0.3, 0.4) is 0 Å². The van der Waals surface area contributed by atoms with E-state index in [4.69, 9.17) is 11.6 Å². The van der Waals surface area contributed by atoms with Gasteiger partial charge in [-0.3, -0.25) is 0 Å². The molecule has 2 rings (SSSR count). The largest absolute Gasteiger partial charge is 0.369 e. The normalized spacial score (nSPS) is 11.9. The molecule has 18 heavy (non-hydrogen) atoms. The number of hydrogen-bond donors (Lipinski definition) is 2. The lowest BCUT2D eigenvalue weighted by Crippen LogP contribution is -2.24. The second kappa shape index (κ2) is 4.97. The van der Waals surface area contributed by atoms with Crippen molar-refractivity contribution in [2.45, 2.75) is 20.3 Å². The second-order valence-electron chi connectivity index (χ2n) is 4.99. The van der Waals surface area contributed by atoms with Gasteiger partial charge in [0.25, 0.3) is 0 Å². The van der Waals surface area contributed by atoms with Gasteiger partial charge in [0.2, 0.25) is 0 Å². The first kappa shape index (κ1) is 12.9. The van der Waals surface area contributed by atoms with Crippen molar-refractivity contribution in [2.75, 3.05) is 17.7 Å². The third-order valence-corrected chi connectivity index (χ3v) is 3.02. The van der Waals surface area contributed by atoms with Gasteiger partial charge in [-0.15, -0.1) is 11.6 Å². The number of nitrogens with zero attached hydrogens (tertiary/aromatic N) is 3. The van der Waals surface area contributed by atoms with E-state index in [1.807, 2.05) is 0 Å². The number of H-pyrrole nitrogens is 1. The van der Waals surface area contributed by atoms with E-state index in [1.165, 1.54) is 10.7 Å². The van der Waals surface area contributed by atoms with Crippen molar-refractivity contribution in [3.8, 4) is 0 Å². The lowest BCUT2D eigenvalue weighted by Gasteiger charge is -2.23. The number of aromatic amines is 1. The zero-order valence-corrected chi connectivity index (χ0v) is 11.2. The quantitative estimate of drug-likeness (QED) is 0.807. The van der Waals surface area contributed by atoms with Crippen molar-refractivity contribution in [1.29, 1.82) is 0 Å². The molecule has 2 N–H and O–H groups in total. The summed E-state index contributed by atoms with van der Waals surface area (Å²) in [7, 11) is 0. The Labute approximate surface area is 109 Å². The highest BCUT2D eigenvalue weighted by Gasteiger charge is 2.17. The lowest BCUT2D eigenvalue weighted by atomic mass is 9.90. The lowest BCUT2D eigenvalue weighted by molar-refractivity contribution is 0.379. The van der Waals surface area contributed by atoms with Crippen LogP contribution in [0.2, 0.25) is 0 Å². The summed E-state index contributed by atoms with van der Waals surface area (Å²) in [5.41, 5.74) is 0.361. The Morgan fingerprint density at radius 3 is 3.06 bits per heavy atom. The van der Waals surface area contributed by atoms with Crippen LogP contribution < -0.4 is 11.0 Å². The Morgan fingerprint density at radius 2 is 2.33 bits per heavy atom. The number of fused-ring (bicyclic) bond motifs is 1. The molecule has 2 aromatic heterocycles. The molecule has 0 aromatic carbocycles. The molecule has 0 saturated heterocycles. The van der Waals surface area contributed by atoms with Crippen molar-refractivity contribution in [3.05, 3.63) is 22.9 Å². The maximum Gasteiger partial charge on any atom is 0.348 e. The van der Waals surface area contributed by atoms with E-state index >= 15 is 0 Å². The molecule has 0 spiro atoms. The number of anilines is 1. The molecule has 0 amide bonds. The predicted molar refractivity (Wildman–Crippen MR) is 71.2 cm³/mol. The van der Waals surface area contributed by atoms with Gasteiger partial charge >= 0.3 is 5.69 Å². The summed E-state index contributed by atoms with van der Waals surface area (Å²) in [4.78, 5) is 15.4. The Morgan fingerprint density at radius 1 is 1.56 bits per heavy atom. The number of hydrogen-bond acceptors (Lipinski definition) is 4. The van der Waals surface area contributed by atoms with Gasteiger partial charge in [-0.05, 0) is 11.8 Å². The average Bonchev–Trinajstić information content (AvgIpc) is 2.68. The molecule has 0 radical (unpaired) electrons. The molecule has 2 heterocycles. The molecule has 0 atom stereocenters. The van der Waals surface area contributed by atoms with E-state index < -0.39 is 0 Å². The topological polar surface area (TPSA) is 75.1 Å². The third-order valence-electron chi connectivity index (χ3n) is 2.83. The van der Waals surface area contributed by atoms with Crippen LogP contribution in [-0.4, -0.2) is 32.0 Å². The monoisotopic (exact) mass is 269 g/mol. The molecule has 0 saturated carbocycles. The molecular formula is C11H16ClN5O. The average molecular weight is 270 g/mol. The van der Waals surface area contributed by atoms with Crippen molar-refractivity contribution in [2.24, 2.45) is 5.41 Å². The highest BCUT2D eigenvalue weighted by molar-refractivity contribution is 6.17. The number of rotatable bonds is 5. The van der Waals surface area contributed by atoms with Gasteiger partial charge in [-0.1, -0.05) is 13.8 Å². The summed E-state index contributed by atoms with van der Waals surface area (Å²) in [6.07, 6.45) is 2.38. The molecule has 0 bridgehead atoms. The van der Waals surface area contributed by atoms with E-state index in [9.17, 15) is 4.79 Å². The highest BCUT2D eigenvalue weighted by atomic mass is 35.5. The summed E-state index contributed by atoms with van der Waals surface area (Å²) < 4.78 is 1.36. The highest BCUT2D eigenvalue weighted by Crippen LogP contribution is 2.21. The second-order valence-corrected chi connectivity index (χ2v) is 5.37. The van der Waals surface area contributed by atoms with Gasteiger partial charge in [-0.2, -0.15) is 5.10 Å². The summed E-state index contributed by atoms with van der Waals surface area (Å²) in [5.74, 6) is 1.33. The van der Waals surface area contributed by atoms with Gasteiger partial charge in [0.15, 0.2) is 5.65 Å².